The van der Waals surface area contributed by atoms with Gasteiger partial charge < -0.3 is 9.64 Å². The third-order valence-corrected chi connectivity index (χ3v) is 2.77. The summed E-state index contributed by atoms with van der Waals surface area (Å²) in [6, 6.07) is 2.20. The molecule has 1 heterocycles. The van der Waals surface area contributed by atoms with Gasteiger partial charge in [-0.3, -0.25) is 4.79 Å². The van der Waals surface area contributed by atoms with Gasteiger partial charge in [-0.25, -0.2) is 4.39 Å². The summed E-state index contributed by atoms with van der Waals surface area (Å²) in [5.74, 6) is -2.32. The lowest BCUT2D eigenvalue weighted by molar-refractivity contribution is -0.119. The molecule has 3 nitrogen and oxygen atoms in total. The fraction of sp³-hybridized carbons (Fsp3) is 0.417. The maximum Gasteiger partial charge on any atom is 0.227 e. The summed E-state index contributed by atoms with van der Waals surface area (Å²) >= 11 is 0. The number of carbonyl (C=O) groups is 1. The van der Waals surface area contributed by atoms with E-state index >= 15 is 0 Å². The largest absolute Gasteiger partial charge is 0.486 e. The third kappa shape index (κ3) is 1.85. The number of hydrogen-bond donors (Lipinski definition) is 0. The summed E-state index contributed by atoms with van der Waals surface area (Å²) in [5, 5.41) is 0. The molecule has 1 amide bonds. The first kappa shape index (κ1) is 11.8. The van der Waals surface area contributed by atoms with Gasteiger partial charge in [0.25, 0.3) is 0 Å². The van der Waals surface area contributed by atoms with Crippen molar-refractivity contribution in [2.75, 3.05) is 11.5 Å². The van der Waals surface area contributed by atoms with E-state index in [0.717, 1.165) is 6.07 Å². The van der Waals surface area contributed by atoms with E-state index in [1.54, 1.807) is 13.8 Å². The van der Waals surface area contributed by atoms with Crippen molar-refractivity contribution in [1.82, 2.24) is 0 Å². The maximum atomic E-state index is 13.5. The predicted molar refractivity (Wildman–Crippen MR) is 59.1 cm³/mol. The van der Waals surface area contributed by atoms with Gasteiger partial charge in [0.05, 0.1) is 11.7 Å². The van der Waals surface area contributed by atoms with Crippen LogP contribution in [-0.2, 0) is 4.79 Å². The molecule has 0 fully saturated rings. The molecule has 17 heavy (non-hydrogen) atoms. The Labute approximate surface area is 98.0 Å². The Morgan fingerprint density at radius 1 is 1.53 bits per heavy atom. The quantitative estimate of drug-likeness (QED) is 0.756. The van der Waals surface area contributed by atoms with Crippen LogP contribution in [0, 0.1) is 11.6 Å². The van der Waals surface area contributed by atoms with E-state index in [4.69, 9.17) is 4.74 Å². The Morgan fingerprint density at radius 2 is 2.24 bits per heavy atom. The first-order chi connectivity index (χ1) is 8.06. The zero-order valence-electron chi connectivity index (χ0n) is 9.67. The van der Waals surface area contributed by atoms with Gasteiger partial charge in [-0.1, -0.05) is 6.92 Å². The Balaban J connectivity index is 2.52. The number of rotatable bonds is 1. The van der Waals surface area contributed by atoms with Gasteiger partial charge in [0, 0.05) is 6.42 Å². The van der Waals surface area contributed by atoms with Crippen LogP contribution in [0.3, 0.4) is 0 Å². The van der Waals surface area contributed by atoms with Gasteiger partial charge in [-0.15, -0.1) is 0 Å². The molecule has 1 aliphatic rings. The van der Waals surface area contributed by atoms with Crippen molar-refractivity contribution in [3.63, 3.8) is 0 Å². The van der Waals surface area contributed by atoms with Crippen LogP contribution in [0.4, 0.5) is 14.5 Å². The van der Waals surface area contributed by atoms with Crippen LogP contribution >= 0.6 is 0 Å². The zero-order chi connectivity index (χ0) is 12.6. The van der Waals surface area contributed by atoms with Crippen LogP contribution in [0.1, 0.15) is 20.3 Å². The topological polar surface area (TPSA) is 29.5 Å². The van der Waals surface area contributed by atoms with Gasteiger partial charge >= 0.3 is 0 Å². The van der Waals surface area contributed by atoms with E-state index in [9.17, 15) is 13.6 Å². The minimum absolute atomic E-state index is 0.131. The smallest absolute Gasteiger partial charge is 0.227 e. The lowest BCUT2D eigenvalue weighted by atomic mass is 10.1. The van der Waals surface area contributed by atoms with Crippen LogP contribution in [0.2, 0.25) is 0 Å². The third-order valence-electron chi connectivity index (χ3n) is 2.77. The molecule has 92 valence electrons. The van der Waals surface area contributed by atoms with Crippen molar-refractivity contribution in [3.8, 4) is 5.75 Å². The number of hydrogen-bond acceptors (Lipinski definition) is 2. The first-order valence-electron chi connectivity index (χ1n) is 5.49. The number of carbonyl (C=O) groups excluding carboxylic acids is 1. The Kier molecular flexibility index (Phi) is 3.00. The molecule has 1 aromatic rings. The van der Waals surface area contributed by atoms with Crippen LogP contribution < -0.4 is 9.64 Å². The fourth-order valence-corrected chi connectivity index (χ4v) is 1.92. The van der Waals surface area contributed by atoms with Crippen LogP contribution in [0.25, 0.3) is 0 Å². The molecule has 0 radical (unpaired) electrons. The average Bonchev–Trinajstić information content (AvgIpc) is 2.33. The molecule has 0 bridgehead atoms. The second-order valence-electron chi connectivity index (χ2n) is 3.99. The molecule has 1 aromatic carbocycles. The van der Waals surface area contributed by atoms with Crippen molar-refractivity contribution in [1.29, 1.82) is 0 Å². The average molecular weight is 241 g/mol. The van der Waals surface area contributed by atoms with Gasteiger partial charge in [0.2, 0.25) is 11.7 Å². The Morgan fingerprint density at radius 3 is 2.88 bits per heavy atom. The lowest BCUT2D eigenvalue weighted by Gasteiger charge is -2.35. The van der Waals surface area contributed by atoms with Crippen molar-refractivity contribution in [2.24, 2.45) is 0 Å². The van der Waals surface area contributed by atoms with Crippen molar-refractivity contribution < 1.29 is 18.3 Å². The molecule has 0 aliphatic carbocycles. The highest BCUT2D eigenvalue weighted by Gasteiger charge is 2.31. The molecule has 0 saturated heterocycles. The lowest BCUT2D eigenvalue weighted by Crippen LogP contribution is -2.45. The highest BCUT2D eigenvalue weighted by molar-refractivity contribution is 5.95. The summed E-state index contributed by atoms with van der Waals surface area (Å²) in [4.78, 5) is 13.3. The minimum Gasteiger partial charge on any atom is -0.486 e. The number of halogens is 2. The standard InChI is InChI=1S/C12H13F2NO2/c1-3-10(16)15-7(2)6-17-12-9(15)5-4-8(13)11(12)14/h4-5,7H,3,6H2,1-2H3/t7-/m1/s1. The number of benzene rings is 1. The van der Waals surface area contributed by atoms with E-state index in [1.807, 2.05) is 0 Å². The Hall–Kier alpha value is -1.65. The van der Waals surface area contributed by atoms with E-state index in [2.05, 4.69) is 0 Å². The monoisotopic (exact) mass is 241 g/mol. The molecule has 0 N–H and O–H groups in total. The Bertz CT molecular complexity index is 462. The van der Waals surface area contributed by atoms with E-state index in [1.165, 1.54) is 11.0 Å². The molecule has 1 aliphatic heterocycles. The SMILES string of the molecule is CCC(=O)N1c2ccc(F)c(F)c2OC[C@H]1C. The van der Waals surface area contributed by atoms with Gasteiger partial charge in [-0.05, 0) is 19.1 Å². The molecular formula is C12H13F2NO2. The number of anilines is 1. The highest BCUT2D eigenvalue weighted by Crippen LogP contribution is 2.37. The fourth-order valence-electron chi connectivity index (χ4n) is 1.92. The van der Waals surface area contributed by atoms with Crippen LogP contribution in [0.15, 0.2) is 12.1 Å². The summed E-state index contributed by atoms with van der Waals surface area (Å²) in [6.45, 7) is 3.70. The van der Waals surface area contributed by atoms with Crippen LogP contribution in [-0.4, -0.2) is 18.6 Å². The molecule has 0 saturated carbocycles. The highest BCUT2D eigenvalue weighted by atomic mass is 19.2. The van der Waals surface area contributed by atoms with E-state index in [-0.39, 0.29) is 24.3 Å². The van der Waals surface area contributed by atoms with Gasteiger partial charge in [0.1, 0.15) is 6.61 Å². The zero-order valence-corrected chi connectivity index (χ0v) is 9.67. The van der Waals surface area contributed by atoms with Crippen LogP contribution in [0.5, 0.6) is 5.75 Å². The predicted octanol–water partition coefficient (Wildman–Crippen LogP) is 2.49. The summed E-state index contributed by atoms with van der Waals surface area (Å²) in [6.07, 6.45) is 0.308. The molecule has 5 heteroatoms. The molecule has 0 spiro atoms. The molecule has 2 rings (SSSR count). The molecule has 0 unspecified atom stereocenters. The minimum atomic E-state index is -1.04. The molecule has 1 atom stereocenters. The number of amides is 1. The maximum absolute atomic E-state index is 13.5. The summed E-state index contributed by atoms with van der Waals surface area (Å²) < 4.78 is 31.7. The normalized spacial score (nSPS) is 18.6. The van der Waals surface area contributed by atoms with Crippen molar-refractivity contribution >= 4 is 11.6 Å². The van der Waals surface area contributed by atoms with E-state index in [0.29, 0.717) is 12.1 Å². The second-order valence-corrected chi connectivity index (χ2v) is 3.99. The van der Waals surface area contributed by atoms with Crippen molar-refractivity contribution in [2.45, 2.75) is 26.3 Å². The van der Waals surface area contributed by atoms with Gasteiger partial charge in [0.15, 0.2) is 11.6 Å². The second kappa shape index (κ2) is 4.31. The number of ether oxygens (including phenoxy) is 1. The van der Waals surface area contributed by atoms with Gasteiger partial charge in [-0.2, -0.15) is 4.39 Å². The summed E-state index contributed by atoms with van der Waals surface area (Å²) in [7, 11) is 0. The van der Waals surface area contributed by atoms with Crippen molar-refractivity contribution in [3.05, 3.63) is 23.8 Å². The number of fused-ring (bicyclic) bond motifs is 1. The molecular weight excluding hydrogens is 228 g/mol. The number of nitrogens with zero attached hydrogens (tertiary/aromatic N) is 1. The summed E-state index contributed by atoms with van der Waals surface area (Å²) in [5.41, 5.74) is 0.300. The van der Waals surface area contributed by atoms with E-state index < -0.39 is 11.6 Å². The first-order valence-corrected chi connectivity index (χ1v) is 5.49. The molecule has 0 aromatic heterocycles.